The first-order valence-corrected chi connectivity index (χ1v) is 6.66. The summed E-state index contributed by atoms with van der Waals surface area (Å²) in [7, 11) is 1.69. The lowest BCUT2D eigenvalue weighted by atomic mass is 10.1. The van der Waals surface area contributed by atoms with E-state index in [0.29, 0.717) is 6.61 Å². The molecule has 1 aromatic carbocycles. The van der Waals surface area contributed by atoms with Gasteiger partial charge in [0.15, 0.2) is 0 Å². The minimum absolute atomic E-state index is 0.672. The highest BCUT2D eigenvalue weighted by molar-refractivity contribution is 5.79. The van der Waals surface area contributed by atoms with Gasteiger partial charge in [0.05, 0.1) is 25.0 Å². The molecule has 0 aliphatic rings. The Hall–Kier alpha value is -2.27. The molecule has 0 bridgehead atoms. The zero-order valence-electron chi connectivity index (χ0n) is 11.5. The molecule has 0 radical (unpaired) electrons. The Labute approximate surface area is 117 Å². The van der Waals surface area contributed by atoms with E-state index >= 15 is 0 Å². The maximum atomic E-state index is 5.03. The number of hydrogen-bond acceptors (Lipinski definition) is 3. The van der Waals surface area contributed by atoms with Crippen LogP contribution in [0.1, 0.15) is 5.56 Å². The molecule has 20 heavy (non-hydrogen) atoms. The Morgan fingerprint density at radius 1 is 1.35 bits per heavy atom. The molecule has 5 heteroatoms. The maximum absolute atomic E-state index is 5.03. The quantitative estimate of drug-likeness (QED) is 0.724. The number of anilines is 1. The van der Waals surface area contributed by atoms with Gasteiger partial charge in [-0.05, 0) is 29.1 Å². The summed E-state index contributed by atoms with van der Waals surface area (Å²) in [5.41, 5.74) is 3.44. The third kappa shape index (κ3) is 2.83. The molecule has 5 nitrogen and oxygen atoms in total. The van der Waals surface area contributed by atoms with Crippen LogP contribution in [0, 0.1) is 0 Å². The van der Waals surface area contributed by atoms with E-state index in [9.17, 15) is 0 Å². The number of rotatable bonds is 6. The highest BCUT2D eigenvalue weighted by Crippen LogP contribution is 2.15. The lowest BCUT2D eigenvalue weighted by molar-refractivity contribution is 0.183. The first-order chi connectivity index (χ1) is 9.85. The third-order valence-electron chi connectivity index (χ3n) is 3.27. The van der Waals surface area contributed by atoms with E-state index in [0.717, 1.165) is 18.8 Å². The number of hydrogen-bond donors (Lipinski definition) is 2. The van der Waals surface area contributed by atoms with Gasteiger partial charge in [-0.15, -0.1) is 0 Å². The number of nitrogens with one attached hydrogen (secondary N) is 2. The van der Waals surface area contributed by atoms with Crippen molar-refractivity contribution in [2.75, 3.05) is 19.0 Å². The minimum Gasteiger partial charge on any atom is -0.383 e. The maximum Gasteiger partial charge on any atom is 0.0729 e. The van der Waals surface area contributed by atoms with Gasteiger partial charge >= 0.3 is 0 Å². The fourth-order valence-electron chi connectivity index (χ4n) is 2.18. The lowest BCUT2D eigenvalue weighted by Crippen LogP contribution is -2.04. The molecule has 2 N–H and O–H groups in total. The topological polar surface area (TPSA) is 54.9 Å². The third-order valence-corrected chi connectivity index (χ3v) is 3.27. The second-order valence-electron chi connectivity index (χ2n) is 4.74. The second kappa shape index (κ2) is 5.79. The summed E-state index contributed by atoms with van der Waals surface area (Å²) in [5, 5.41) is 8.89. The van der Waals surface area contributed by atoms with Crippen molar-refractivity contribution in [3.05, 3.63) is 48.4 Å². The van der Waals surface area contributed by atoms with Gasteiger partial charge in [-0.25, -0.2) is 0 Å². The van der Waals surface area contributed by atoms with Gasteiger partial charge in [-0.1, -0.05) is 6.07 Å². The van der Waals surface area contributed by atoms with Gasteiger partial charge in [-0.3, -0.25) is 4.68 Å². The molecular weight excluding hydrogens is 252 g/mol. The van der Waals surface area contributed by atoms with Crippen LogP contribution in [0.3, 0.4) is 0 Å². The summed E-state index contributed by atoms with van der Waals surface area (Å²) in [5.74, 6) is 0. The number of aromatic nitrogens is 3. The van der Waals surface area contributed by atoms with Crippen LogP contribution in [0.5, 0.6) is 0 Å². The van der Waals surface area contributed by atoms with E-state index < -0.39 is 0 Å². The van der Waals surface area contributed by atoms with Crippen molar-refractivity contribution in [3.8, 4) is 0 Å². The van der Waals surface area contributed by atoms with E-state index in [1.165, 1.54) is 16.5 Å². The molecule has 0 aliphatic heterocycles. The Kier molecular flexibility index (Phi) is 3.69. The number of nitrogens with zero attached hydrogens (tertiary/aromatic N) is 2. The number of aromatic amines is 1. The van der Waals surface area contributed by atoms with Crippen LogP contribution in [-0.2, 0) is 17.8 Å². The number of ether oxygens (including phenoxy) is 1. The Morgan fingerprint density at radius 3 is 3.20 bits per heavy atom. The first-order valence-electron chi connectivity index (χ1n) is 6.66. The van der Waals surface area contributed by atoms with Gasteiger partial charge in [0.1, 0.15) is 0 Å². The summed E-state index contributed by atoms with van der Waals surface area (Å²) < 4.78 is 6.91. The average molecular weight is 270 g/mol. The van der Waals surface area contributed by atoms with Crippen LogP contribution in [-0.4, -0.2) is 28.5 Å². The fourth-order valence-corrected chi connectivity index (χ4v) is 2.18. The molecular formula is C15H18N4O. The minimum atomic E-state index is 0.672. The molecule has 0 atom stereocenters. The number of benzene rings is 1. The summed E-state index contributed by atoms with van der Waals surface area (Å²) in [6.07, 6.45) is 5.79. The predicted molar refractivity (Wildman–Crippen MR) is 79.7 cm³/mol. The number of fused-ring (bicyclic) bond motifs is 1. The predicted octanol–water partition coefficient (Wildman–Crippen LogP) is 2.62. The van der Waals surface area contributed by atoms with E-state index in [2.05, 4.69) is 39.7 Å². The lowest BCUT2D eigenvalue weighted by Gasteiger charge is -2.04. The molecule has 0 spiro atoms. The molecule has 0 fully saturated rings. The smallest absolute Gasteiger partial charge is 0.0729 e. The normalized spacial score (nSPS) is 11.1. The molecule has 104 valence electrons. The molecule has 3 aromatic rings. The van der Waals surface area contributed by atoms with Crippen molar-refractivity contribution in [1.82, 2.24) is 14.8 Å². The van der Waals surface area contributed by atoms with Crippen molar-refractivity contribution in [3.63, 3.8) is 0 Å². The van der Waals surface area contributed by atoms with Gasteiger partial charge in [-0.2, -0.15) is 5.10 Å². The zero-order valence-corrected chi connectivity index (χ0v) is 11.5. The van der Waals surface area contributed by atoms with Gasteiger partial charge in [0.2, 0.25) is 0 Å². The summed E-state index contributed by atoms with van der Waals surface area (Å²) in [6.45, 7) is 2.23. The number of methoxy groups -OCH3 is 1. The van der Waals surface area contributed by atoms with Crippen LogP contribution in [0.25, 0.3) is 10.9 Å². The van der Waals surface area contributed by atoms with E-state index in [1.807, 2.05) is 23.3 Å². The molecule has 0 unspecified atom stereocenters. The van der Waals surface area contributed by atoms with Crippen LogP contribution >= 0.6 is 0 Å². The van der Waals surface area contributed by atoms with Crippen LogP contribution < -0.4 is 5.32 Å². The molecule has 2 heterocycles. The monoisotopic (exact) mass is 270 g/mol. The first kappa shape index (κ1) is 12.7. The largest absolute Gasteiger partial charge is 0.383 e. The second-order valence-corrected chi connectivity index (χ2v) is 4.74. The Bertz CT molecular complexity index is 686. The van der Waals surface area contributed by atoms with Crippen molar-refractivity contribution in [2.24, 2.45) is 0 Å². The average Bonchev–Trinajstić information content (AvgIpc) is 3.11. The highest BCUT2D eigenvalue weighted by Gasteiger charge is 2.00. The van der Waals surface area contributed by atoms with Gasteiger partial charge in [0, 0.05) is 31.6 Å². The Morgan fingerprint density at radius 2 is 2.30 bits per heavy atom. The van der Waals surface area contributed by atoms with Crippen LogP contribution in [0.15, 0.2) is 42.9 Å². The molecule has 0 saturated heterocycles. The van der Waals surface area contributed by atoms with E-state index in [1.54, 1.807) is 7.11 Å². The molecule has 0 saturated carbocycles. The molecule has 0 aliphatic carbocycles. The van der Waals surface area contributed by atoms with E-state index in [-0.39, 0.29) is 0 Å². The van der Waals surface area contributed by atoms with E-state index in [4.69, 9.17) is 4.74 Å². The Balaban J connectivity index is 1.62. The summed E-state index contributed by atoms with van der Waals surface area (Å²) >= 11 is 0. The standard InChI is InChI=1S/C15H18N4O/c1-20-7-6-19-11-14(10-18-19)17-9-12-2-3-15-13(8-12)4-5-16-15/h2-5,8,10-11,16-17H,6-7,9H2,1H3. The van der Waals surface area contributed by atoms with Crippen molar-refractivity contribution in [1.29, 1.82) is 0 Å². The van der Waals surface area contributed by atoms with Gasteiger partial charge < -0.3 is 15.0 Å². The van der Waals surface area contributed by atoms with Crippen LogP contribution in [0.4, 0.5) is 5.69 Å². The van der Waals surface area contributed by atoms with Gasteiger partial charge in [0.25, 0.3) is 0 Å². The summed E-state index contributed by atoms with van der Waals surface area (Å²) in [4.78, 5) is 3.20. The highest BCUT2D eigenvalue weighted by atomic mass is 16.5. The zero-order chi connectivity index (χ0) is 13.8. The summed E-state index contributed by atoms with van der Waals surface area (Å²) in [6, 6.07) is 8.51. The van der Waals surface area contributed by atoms with Crippen molar-refractivity contribution < 1.29 is 4.74 Å². The molecule has 3 rings (SSSR count). The SMILES string of the molecule is COCCn1cc(NCc2ccc3[nH]ccc3c2)cn1. The molecule has 0 amide bonds. The van der Waals surface area contributed by atoms with Crippen LogP contribution in [0.2, 0.25) is 0 Å². The molecule has 2 aromatic heterocycles. The van der Waals surface area contributed by atoms with Crippen molar-refractivity contribution in [2.45, 2.75) is 13.1 Å². The van der Waals surface area contributed by atoms with Crippen molar-refractivity contribution >= 4 is 16.6 Å². The number of H-pyrrole nitrogens is 1. The fraction of sp³-hybridized carbons (Fsp3) is 0.267.